The van der Waals surface area contributed by atoms with Gasteiger partial charge in [0, 0.05) is 29.9 Å². The Hall–Kier alpha value is -0.450. The van der Waals surface area contributed by atoms with E-state index in [1.54, 1.807) is 11.3 Å². The standard InChI is InChI=1S/C17H32N2OS/c1-8-17(9-2,20-10-3)13(18-7)11-15-19-14(12-21-15)16(4,5)6/h12-13,18H,8-11H2,1-7H3. The van der Waals surface area contributed by atoms with Gasteiger partial charge in [-0.15, -0.1) is 11.3 Å². The van der Waals surface area contributed by atoms with E-state index in [1.165, 1.54) is 10.7 Å². The van der Waals surface area contributed by atoms with E-state index in [1.807, 2.05) is 7.05 Å². The average Bonchev–Trinajstić information content (AvgIpc) is 2.91. The topological polar surface area (TPSA) is 34.1 Å². The Kier molecular flexibility index (Phi) is 6.82. The van der Waals surface area contributed by atoms with Gasteiger partial charge in [-0.05, 0) is 26.8 Å². The van der Waals surface area contributed by atoms with Gasteiger partial charge in [0.05, 0.1) is 16.3 Å². The van der Waals surface area contributed by atoms with Crippen molar-refractivity contribution in [2.45, 2.75) is 77.9 Å². The SMILES string of the molecule is CCOC(CC)(CC)C(Cc1nc(C(C)(C)C)cs1)NC. The number of thiazole rings is 1. The Morgan fingerprint density at radius 2 is 1.86 bits per heavy atom. The number of hydrogen-bond donors (Lipinski definition) is 1. The summed E-state index contributed by atoms with van der Waals surface area (Å²) in [6.45, 7) is 13.9. The minimum absolute atomic E-state index is 0.100. The summed E-state index contributed by atoms with van der Waals surface area (Å²) in [4.78, 5) is 4.83. The summed E-state index contributed by atoms with van der Waals surface area (Å²) < 4.78 is 6.14. The number of likely N-dealkylation sites (N-methyl/N-ethyl adjacent to an activating group) is 1. The van der Waals surface area contributed by atoms with Crippen LogP contribution in [0.2, 0.25) is 0 Å². The van der Waals surface area contributed by atoms with Gasteiger partial charge in [-0.3, -0.25) is 0 Å². The van der Waals surface area contributed by atoms with E-state index >= 15 is 0 Å². The highest BCUT2D eigenvalue weighted by Gasteiger charge is 2.36. The Morgan fingerprint density at radius 1 is 1.24 bits per heavy atom. The quantitative estimate of drug-likeness (QED) is 0.782. The zero-order chi connectivity index (χ0) is 16.1. The molecule has 3 nitrogen and oxygen atoms in total. The molecule has 1 rings (SSSR count). The number of rotatable bonds is 8. The summed E-state index contributed by atoms with van der Waals surface area (Å²) in [5, 5.41) is 6.86. The highest BCUT2D eigenvalue weighted by Crippen LogP contribution is 2.30. The van der Waals surface area contributed by atoms with Crippen molar-refractivity contribution in [1.29, 1.82) is 0 Å². The van der Waals surface area contributed by atoms with Gasteiger partial charge in [-0.2, -0.15) is 0 Å². The van der Waals surface area contributed by atoms with E-state index in [0.717, 1.165) is 25.9 Å². The van der Waals surface area contributed by atoms with E-state index in [4.69, 9.17) is 9.72 Å². The van der Waals surface area contributed by atoms with Crippen molar-refractivity contribution in [2.75, 3.05) is 13.7 Å². The van der Waals surface area contributed by atoms with Crippen LogP contribution in [0, 0.1) is 0 Å². The first kappa shape index (κ1) is 18.6. The molecule has 1 heterocycles. The van der Waals surface area contributed by atoms with Crippen molar-refractivity contribution >= 4 is 11.3 Å². The lowest BCUT2D eigenvalue weighted by Gasteiger charge is -2.39. The van der Waals surface area contributed by atoms with Gasteiger partial charge in [-0.1, -0.05) is 34.6 Å². The van der Waals surface area contributed by atoms with Crippen LogP contribution < -0.4 is 5.32 Å². The highest BCUT2D eigenvalue weighted by molar-refractivity contribution is 7.09. The minimum atomic E-state index is -0.100. The fourth-order valence-electron chi connectivity index (χ4n) is 2.81. The summed E-state index contributed by atoms with van der Waals surface area (Å²) in [6, 6.07) is 0.298. The van der Waals surface area contributed by atoms with Crippen molar-refractivity contribution in [3.05, 3.63) is 16.1 Å². The largest absolute Gasteiger partial charge is 0.374 e. The second-order valence-corrected chi connectivity index (χ2v) is 7.57. The molecule has 0 fully saturated rings. The molecule has 21 heavy (non-hydrogen) atoms. The van der Waals surface area contributed by atoms with E-state index in [0.29, 0.717) is 6.04 Å². The van der Waals surface area contributed by atoms with E-state index in [-0.39, 0.29) is 11.0 Å². The molecule has 1 aromatic heterocycles. The summed E-state index contributed by atoms with van der Waals surface area (Å²) in [5.74, 6) is 0. The average molecular weight is 313 g/mol. The first-order valence-electron chi connectivity index (χ1n) is 8.09. The minimum Gasteiger partial charge on any atom is -0.374 e. The molecule has 0 amide bonds. The van der Waals surface area contributed by atoms with Crippen LogP contribution in [0.3, 0.4) is 0 Å². The zero-order valence-electron chi connectivity index (χ0n) is 14.7. The molecule has 1 unspecified atom stereocenters. The van der Waals surface area contributed by atoms with Crippen LogP contribution in [-0.2, 0) is 16.6 Å². The summed E-state index contributed by atoms with van der Waals surface area (Å²) in [7, 11) is 2.03. The van der Waals surface area contributed by atoms with Crippen LogP contribution in [0.4, 0.5) is 0 Å². The van der Waals surface area contributed by atoms with Crippen molar-refractivity contribution in [3.63, 3.8) is 0 Å². The predicted molar refractivity (Wildman–Crippen MR) is 92.3 cm³/mol. The van der Waals surface area contributed by atoms with Gasteiger partial charge in [-0.25, -0.2) is 4.98 Å². The molecular weight excluding hydrogens is 280 g/mol. The predicted octanol–water partition coefficient (Wildman–Crippen LogP) is 4.17. The van der Waals surface area contributed by atoms with Gasteiger partial charge in [0.25, 0.3) is 0 Å². The maximum absolute atomic E-state index is 6.14. The van der Waals surface area contributed by atoms with Crippen LogP contribution in [0.1, 0.15) is 65.1 Å². The molecule has 4 heteroatoms. The number of nitrogens with zero attached hydrogens (tertiary/aromatic N) is 1. The molecule has 0 spiro atoms. The molecule has 1 atom stereocenters. The van der Waals surface area contributed by atoms with Crippen molar-refractivity contribution in [3.8, 4) is 0 Å². The van der Waals surface area contributed by atoms with Gasteiger partial charge >= 0.3 is 0 Å². The lowest BCUT2D eigenvalue weighted by Crippen LogP contribution is -2.52. The molecule has 0 aliphatic rings. The number of nitrogens with one attached hydrogen (secondary N) is 1. The maximum atomic E-state index is 6.14. The molecule has 0 saturated carbocycles. The fourth-order valence-corrected chi connectivity index (χ4v) is 3.88. The first-order chi connectivity index (χ1) is 9.82. The summed E-state index contributed by atoms with van der Waals surface area (Å²) in [5.41, 5.74) is 1.21. The third-order valence-corrected chi connectivity index (χ3v) is 5.18. The lowest BCUT2D eigenvalue weighted by atomic mass is 9.86. The Balaban J connectivity index is 2.93. The number of ether oxygens (including phenoxy) is 1. The third kappa shape index (κ3) is 4.51. The number of hydrogen-bond acceptors (Lipinski definition) is 4. The Bertz CT molecular complexity index is 419. The van der Waals surface area contributed by atoms with Crippen LogP contribution in [-0.4, -0.2) is 30.3 Å². The van der Waals surface area contributed by atoms with Crippen LogP contribution in [0.5, 0.6) is 0 Å². The summed E-state index contributed by atoms with van der Waals surface area (Å²) >= 11 is 1.77. The molecule has 0 bridgehead atoms. The molecule has 0 aliphatic carbocycles. The molecular formula is C17H32N2OS. The fraction of sp³-hybridized carbons (Fsp3) is 0.824. The molecule has 0 aromatic carbocycles. The smallest absolute Gasteiger partial charge is 0.0945 e. The van der Waals surface area contributed by atoms with Crippen molar-refractivity contribution in [1.82, 2.24) is 10.3 Å². The Labute approximate surface area is 134 Å². The second-order valence-electron chi connectivity index (χ2n) is 6.63. The first-order valence-corrected chi connectivity index (χ1v) is 8.97. The molecule has 1 N–H and O–H groups in total. The molecule has 0 saturated heterocycles. The maximum Gasteiger partial charge on any atom is 0.0945 e. The zero-order valence-corrected chi connectivity index (χ0v) is 15.6. The summed E-state index contributed by atoms with van der Waals surface area (Å²) in [6.07, 6.45) is 2.96. The van der Waals surface area contributed by atoms with Crippen LogP contribution in [0.25, 0.3) is 0 Å². The van der Waals surface area contributed by atoms with E-state index in [9.17, 15) is 0 Å². The molecule has 122 valence electrons. The van der Waals surface area contributed by atoms with Gasteiger partial charge in [0.2, 0.25) is 0 Å². The normalized spacial score (nSPS) is 14.4. The van der Waals surface area contributed by atoms with Crippen molar-refractivity contribution < 1.29 is 4.74 Å². The molecule has 1 aromatic rings. The van der Waals surface area contributed by atoms with Gasteiger partial charge < -0.3 is 10.1 Å². The van der Waals surface area contributed by atoms with Gasteiger partial charge in [0.15, 0.2) is 0 Å². The number of aromatic nitrogens is 1. The van der Waals surface area contributed by atoms with Crippen LogP contribution >= 0.6 is 11.3 Å². The third-order valence-electron chi connectivity index (χ3n) is 4.31. The van der Waals surface area contributed by atoms with E-state index in [2.05, 4.69) is 52.2 Å². The molecule has 0 radical (unpaired) electrons. The second kappa shape index (κ2) is 7.70. The van der Waals surface area contributed by atoms with Gasteiger partial charge in [0.1, 0.15) is 0 Å². The lowest BCUT2D eigenvalue weighted by molar-refractivity contribution is -0.0703. The highest BCUT2D eigenvalue weighted by atomic mass is 32.1. The van der Waals surface area contributed by atoms with Crippen LogP contribution in [0.15, 0.2) is 5.38 Å². The molecule has 0 aliphatic heterocycles. The van der Waals surface area contributed by atoms with E-state index < -0.39 is 0 Å². The van der Waals surface area contributed by atoms with Crippen molar-refractivity contribution in [2.24, 2.45) is 0 Å². The monoisotopic (exact) mass is 312 g/mol. The Morgan fingerprint density at radius 3 is 2.24 bits per heavy atom.